The molecule has 0 spiro atoms. The summed E-state index contributed by atoms with van der Waals surface area (Å²) in [5.74, 6) is 1.42. The highest BCUT2D eigenvalue weighted by molar-refractivity contribution is 7.20. The minimum absolute atomic E-state index is 0.000723. The van der Waals surface area contributed by atoms with E-state index in [2.05, 4.69) is 22.3 Å². The Kier molecular flexibility index (Phi) is 4.80. The van der Waals surface area contributed by atoms with E-state index in [0.29, 0.717) is 12.2 Å². The van der Waals surface area contributed by atoms with Gasteiger partial charge in [-0.25, -0.2) is 4.98 Å². The van der Waals surface area contributed by atoms with Crippen molar-refractivity contribution in [3.05, 3.63) is 30.0 Å². The third-order valence-corrected chi connectivity index (χ3v) is 4.63. The van der Waals surface area contributed by atoms with Crippen LogP contribution in [0, 0.1) is 6.92 Å². The predicted molar refractivity (Wildman–Crippen MR) is 96.2 cm³/mol. The van der Waals surface area contributed by atoms with Crippen molar-refractivity contribution in [2.75, 3.05) is 12.4 Å². The van der Waals surface area contributed by atoms with Crippen LogP contribution in [-0.2, 0) is 4.79 Å². The van der Waals surface area contributed by atoms with Gasteiger partial charge in [-0.3, -0.25) is 4.79 Å². The molecule has 2 heterocycles. The third-order valence-electron chi connectivity index (χ3n) is 3.62. The maximum Gasteiger partial charge on any atom is 0.225 e. The molecule has 0 bridgehead atoms. The molecule has 0 atom stereocenters. The monoisotopic (exact) mass is 344 g/mol. The molecule has 3 rings (SSSR count). The molecule has 1 amide bonds. The molecule has 126 valence electrons. The summed E-state index contributed by atoms with van der Waals surface area (Å²) >= 11 is 1.52. The number of amides is 1. The van der Waals surface area contributed by atoms with Crippen molar-refractivity contribution in [3.8, 4) is 10.9 Å². The van der Waals surface area contributed by atoms with Gasteiger partial charge in [0.25, 0.3) is 0 Å². The zero-order valence-electron chi connectivity index (χ0n) is 14.0. The highest BCUT2D eigenvalue weighted by Crippen LogP contribution is 2.29. The number of thiazole rings is 1. The van der Waals surface area contributed by atoms with E-state index in [-0.39, 0.29) is 5.91 Å². The van der Waals surface area contributed by atoms with Gasteiger partial charge in [0.05, 0.1) is 23.0 Å². The molecule has 2 aromatic heterocycles. The van der Waals surface area contributed by atoms with Crippen LogP contribution in [0.25, 0.3) is 15.3 Å². The minimum Gasteiger partial charge on any atom is -0.497 e. The van der Waals surface area contributed by atoms with Crippen LogP contribution in [0.3, 0.4) is 0 Å². The fourth-order valence-electron chi connectivity index (χ4n) is 2.39. The van der Waals surface area contributed by atoms with Crippen LogP contribution in [0.1, 0.15) is 31.9 Å². The first-order chi connectivity index (χ1) is 11.6. The van der Waals surface area contributed by atoms with Crippen molar-refractivity contribution in [1.82, 2.24) is 14.8 Å². The predicted octanol–water partition coefficient (Wildman–Crippen LogP) is 3.93. The van der Waals surface area contributed by atoms with Gasteiger partial charge in [0.15, 0.2) is 0 Å². The van der Waals surface area contributed by atoms with E-state index in [1.807, 2.05) is 31.2 Å². The number of rotatable bonds is 6. The summed E-state index contributed by atoms with van der Waals surface area (Å²) in [4.78, 5) is 16.7. The van der Waals surface area contributed by atoms with Gasteiger partial charge < -0.3 is 10.1 Å². The van der Waals surface area contributed by atoms with Crippen molar-refractivity contribution >= 4 is 33.3 Å². The fourth-order valence-corrected chi connectivity index (χ4v) is 3.30. The topological polar surface area (TPSA) is 69.0 Å². The van der Waals surface area contributed by atoms with E-state index in [1.165, 1.54) is 11.3 Å². The normalized spacial score (nSPS) is 11.0. The number of methoxy groups -OCH3 is 1. The van der Waals surface area contributed by atoms with Crippen molar-refractivity contribution in [3.63, 3.8) is 0 Å². The van der Waals surface area contributed by atoms with Crippen LogP contribution >= 0.6 is 11.3 Å². The Morgan fingerprint density at radius 3 is 2.96 bits per heavy atom. The third kappa shape index (κ3) is 3.41. The van der Waals surface area contributed by atoms with Gasteiger partial charge in [0.1, 0.15) is 11.6 Å². The highest BCUT2D eigenvalue weighted by Gasteiger charge is 2.14. The number of nitrogens with zero attached hydrogens (tertiary/aromatic N) is 3. The van der Waals surface area contributed by atoms with Crippen molar-refractivity contribution in [2.24, 2.45) is 0 Å². The summed E-state index contributed by atoms with van der Waals surface area (Å²) in [6.45, 7) is 3.96. The zero-order chi connectivity index (χ0) is 17.1. The Morgan fingerprint density at radius 1 is 1.38 bits per heavy atom. The van der Waals surface area contributed by atoms with Gasteiger partial charge >= 0.3 is 0 Å². The molecule has 0 aliphatic heterocycles. The van der Waals surface area contributed by atoms with Crippen molar-refractivity contribution < 1.29 is 9.53 Å². The largest absolute Gasteiger partial charge is 0.497 e. The molecule has 7 heteroatoms. The first-order valence-corrected chi connectivity index (χ1v) is 8.74. The number of unbranched alkanes of at least 4 members (excludes halogenated alkanes) is 1. The summed E-state index contributed by atoms with van der Waals surface area (Å²) in [5, 5.41) is 8.13. The summed E-state index contributed by atoms with van der Waals surface area (Å²) in [6.07, 6.45) is 2.38. The second-order valence-electron chi connectivity index (χ2n) is 5.56. The average molecular weight is 344 g/mol. The van der Waals surface area contributed by atoms with Crippen molar-refractivity contribution in [1.29, 1.82) is 0 Å². The van der Waals surface area contributed by atoms with E-state index >= 15 is 0 Å². The lowest BCUT2D eigenvalue weighted by Gasteiger charge is -2.05. The molecule has 6 nitrogen and oxygen atoms in total. The van der Waals surface area contributed by atoms with E-state index in [9.17, 15) is 4.79 Å². The fraction of sp³-hybridized carbons (Fsp3) is 0.353. The number of benzene rings is 1. The second kappa shape index (κ2) is 7.00. The number of carbonyl (C=O) groups is 1. The molecule has 0 saturated carbocycles. The number of ether oxygens (including phenoxy) is 1. The minimum atomic E-state index is 0.000723. The molecule has 24 heavy (non-hydrogen) atoms. The number of fused-ring (bicyclic) bond motifs is 1. The molecule has 3 aromatic rings. The van der Waals surface area contributed by atoms with Crippen LogP contribution < -0.4 is 10.1 Å². The Balaban J connectivity index is 1.93. The number of anilines is 1. The molecule has 0 saturated heterocycles. The number of aromatic nitrogens is 3. The quantitative estimate of drug-likeness (QED) is 0.736. The maximum absolute atomic E-state index is 12.0. The molecular weight excluding hydrogens is 324 g/mol. The summed E-state index contributed by atoms with van der Waals surface area (Å²) in [7, 11) is 1.63. The van der Waals surface area contributed by atoms with E-state index in [0.717, 1.165) is 39.6 Å². The first kappa shape index (κ1) is 16.4. The SMILES string of the molecule is CCCCC(=O)Nc1cc(C)nn1-c1nc2cc(OC)ccc2s1. The molecule has 0 fully saturated rings. The van der Waals surface area contributed by atoms with Crippen LogP contribution in [0.2, 0.25) is 0 Å². The Bertz CT molecular complexity index is 869. The van der Waals surface area contributed by atoms with Crippen molar-refractivity contribution in [2.45, 2.75) is 33.1 Å². The smallest absolute Gasteiger partial charge is 0.225 e. The summed E-state index contributed by atoms with van der Waals surface area (Å²) < 4.78 is 7.97. The van der Waals surface area contributed by atoms with Crippen LogP contribution in [0.4, 0.5) is 5.82 Å². The molecule has 0 unspecified atom stereocenters. The summed E-state index contributed by atoms with van der Waals surface area (Å²) in [6, 6.07) is 7.64. The first-order valence-electron chi connectivity index (χ1n) is 7.92. The Hall–Kier alpha value is -2.41. The number of hydrogen-bond donors (Lipinski definition) is 1. The van der Waals surface area contributed by atoms with Gasteiger partial charge in [-0.1, -0.05) is 24.7 Å². The number of aryl methyl sites for hydroxylation is 1. The lowest BCUT2D eigenvalue weighted by atomic mass is 10.2. The van der Waals surface area contributed by atoms with Crippen LogP contribution in [0.15, 0.2) is 24.3 Å². The van der Waals surface area contributed by atoms with Gasteiger partial charge in [0, 0.05) is 18.6 Å². The molecule has 1 aromatic carbocycles. The molecule has 0 aliphatic carbocycles. The molecule has 0 aliphatic rings. The number of carbonyl (C=O) groups excluding carboxylic acids is 1. The van der Waals surface area contributed by atoms with E-state index < -0.39 is 0 Å². The van der Waals surface area contributed by atoms with Gasteiger partial charge in [0.2, 0.25) is 11.0 Å². The van der Waals surface area contributed by atoms with Crippen LogP contribution in [-0.4, -0.2) is 27.8 Å². The van der Waals surface area contributed by atoms with Gasteiger partial charge in [-0.15, -0.1) is 0 Å². The lowest BCUT2D eigenvalue weighted by molar-refractivity contribution is -0.116. The average Bonchev–Trinajstić information content (AvgIpc) is 3.14. The second-order valence-corrected chi connectivity index (χ2v) is 6.57. The summed E-state index contributed by atoms with van der Waals surface area (Å²) in [5.41, 5.74) is 1.68. The molecular formula is C17H20N4O2S. The highest BCUT2D eigenvalue weighted by atomic mass is 32.1. The molecule has 0 radical (unpaired) electrons. The zero-order valence-corrected chi connectivity index (χ0v) is 14.8. The standard InChI is InChI=1S/C17H20N4O2S/c1-4-5-6-16(22)19-15-9-11(2)20-21(15)17-18-13-10-12(23-3)7-8-14(13)24-17/h7-10H,4-6H2,1-3H3,(H,19,22). The van der Waals surface area contributed by atoms with E-state index in [1.54, 1.807) is 11.8 Å². The molecule has 1 N–H and O–H groups in total. The Labute approximate surface area is 144 Å². The number of nitrogens with one attached hydrogen (secondary N) is 1. The Morgan fingerprint density at radius 2 is 2.21 bits per heavy atom. The number of hydrogen-bond acceptors (Lipinski definition) is 5. The lowest BCUT2D eigenvalue weighted by Crippen LogP contribution is -2.14. The van der Waals surface area contributed by atoms with Crippen LogP contribution in [0.5, 0.6) is 5.75 Å². The van der Waals surface area contributed by atoms with Gasteiger partial charge in [-0.05, 0) is 25.5 Å². The van der Waals surface area contributed by atoms with E-state index in [4.69, 9.17) is 4.74 Å². The maximum atomic E-state index is 12.0. The van der Waals surface area contributed by atoms with Gasteiger partial charge in [-0.2, -0.15) is 9.78 Å².